The molecule has 0 radical (unpaired) electrons. The Hall–Kier alpha value is -6.82. The van der Waals surface area contributed by atoms with Gasteiger partial charge in [-0.2, -0.15) is 0 Å². The minimum absolute atomic E-state index is 0.0670. The monoisotopic (exact) mass is 815 g/mol. The molecule has 0 saturated heterocycles. The second kappa shape index (κ2) is 12.8. The van der Waals surface area contributed by atoms with Crippen molar-refractivity contribution in [3.8, 4) is 50.6 Å². The first kappa shape index (κ1) is 34.2. The SMILES string of the molecule is CC1(C)c2ccccc2-c2c1ccc1c2c2ccccc2n1-c1ccc(-c2nc(-c3ccccc3)n[c]3c2-c2cccc[c]2[Ge]3([c]2ccccc2)[c]2ccccc2)cc1. The van der Waals surface area contributed by atoms with Gasteiger partial charge < -0.3 is 0 Å². The summed E-state index contributed by atoms with van der Waals surface area (Å²) in [4.78, 5) is 11.2. The normalized spacial score (nSPS) is 14.2. The van der Waals surface area contributed by atoms with Crippen LogP contribution >= 0.6 is 0 Å². The van der Waals surface area contributed by atoms with Crippen LogP contribution in [0.2, 0.25) is 0 Å². The number of rotatable bonds is 5. The maximum atomic E-state index is 5.68. The van der Waals surface area contributed by atoms with Gasteiger partial charge in [-0.15, -0.1) is 0 Å². The Morgan fingerprint density at radius 2 is 1.07 bits per heavy atom. The summed E-state index contributed by atoms with van der Waals surface area (Å²) in [5.41, 5.74) is 14.5. The fourth-order valence-electron chi connectivity index (χ4n) is 10.5. The third-order valence-electron chi connectivity index (χ3n) is 13.1. The van der Waals surface area contributed by atoms with E-state index in [1.807, 2.05) is 0 Å². The van der Waals surface area contributed by atoms with Crippen molar-refractivity contribution in [2.45, 2.75) is 19.3 Å². The number of hydrogen-bond acceptors (Lipinski definition) is 2. The van der Waals surface area contributed by atoms with Crippen LogP contribution in [0.4, 0.5) is 0 Å². The van der Waals surface area contributed by atoms with Crippen LogP contribution in [-0.2, 0) is 5.41 Å². The van der Waals surface area contributed by atoms with E-state index in [0.29, 0.717) is 0 Å². The Bertz CT molecular complexity index is 3240. The molecule has 10 aromatic rings. The van der Waals surface area contributed by atoms with E-state index in [9.17, 15) is 0 Å². The second-order valence-electron chi connectivity index (χ2n) is 16.5. The Morgan fingerprint density at radius 1 is 0.458 bits per heavy atom. The van der Waals surface area contributed by atoms with Crippen molar-refractivity contribution in [1.82, 2.24) is 14.5 Å². The predicted molar refractivity (Wildman–Crippen MR) is 247 cm³/mol. The molecule has 0 amide bonds. The van der Waals surface area contributed by atoms with Gasteiger partial charge in [-0.05, 0) is 5.56 Å². The van der Waals surface area contributed by atoms with Crippen molar-refractivity contribution < 1.29 is 0 Å². The van der Waals surface area contributed by atoms with Gasteiger partial charge in [0, 0.05) is 5.41 Å². The Balaban J connectivity index is 1.11. The molecule has 0 saturated carbocycles. The first-order valence-electron chi connectivity index (χ1n) is 20.5. The molecule has 0 atom stereocenters. The van der Waals surface area contributed by atoms with Gasteiger partial charge in [-0.25, -0.2) is 0 Å². The van der Waals surface area contributed by atoms with E-state index in [2.05, 4.69) is 219 Å². The Kier molecular flexibility index (Phi) is 7.45. The number of benzene rings is 8. The maximum absolute atomic E-state index is 5.68. The van der Waals surface area contributed by atoms with E-state index in [0.717, 1.165) is 33.9 Å². The molecule has 1 aliphatic heterocycles. The molecule has 2 aromatic heterocycles. The minimum atomic E-state index is -3.65. The topological polar surface area (TPSA) is 30.7 Å². The Labute approximate surface area is 346 Å². The van der Waals surface area contributed by atoms with Crippen molar-refractivity contribution in [3.05, 3.63) is 211 Å². The zero-order chi connectivity index (χ0) is 39.3. The standard InChI is InChI=1S/C55H39GeN3/c1-55(2)44-27-15-12-24-41(44)49-45(55)34-35-48-50(49)43-26-14-17-29-47(43)59(48)40-32-30-36(31-33-40)52-51-42-25-13-16-28-46(42)56(38-20-8-4-9-21-38,39-22-10-5-11-23-39)53(51)58-54(57-52)37-18-6-3-7-19-37/h3-35H,1-2H3. The second-order valence-corrected chi connectivity index (χ2v) is 24.2. The summed E-state index contributed by atoms with van der Waals surface area (Å²) in [6, 6.07) is 73.6. The molecule has 3 nitrogen and oxygen atoms in total. The molecule has 1 aliphatic carbocycles. The first-order chi connectivity index (χ1) is 29.0. The summed E-state index contributed by atoms with van der Waals surface area (Å²) in [6.45, 7) is 4.72. The molecule has 4 heteroatoms. The van der Waals surface area contributed by atoms with Crippen molar-refractivity contribution in [1.29, 1.82) is 0 Å². The van der Waals surface area contributed by atoms with Gasteiger partial charge in [0.25, 0.3) is 0 Å². The molecule has 59 heavy (non-hydrogen) atoms. The molecule has 0 fully saturated rings. The molecule has 0 spiro atoms. The van der Waals surface area contributed by atoms with Crippen molar-refractivity contribution >= 4 is 52.8 Å². The molecule has 12 rings (SSSR count). The quantitative estimate of drug-likeness (QED) is 0.162. The molecule has 8 aromatic carbocycles. The van der Waals surface area contributed by atoms with Crippen LogP contribution in [-0.4, -0.2) is 27.8 Å². The number of nitrogens with zero attached hydrogens (tertiary/aromatic N) is 3. The van der Waals surface area contributed by atoms with Gasteiger partial charge in [0.15, 0.2) is 0 Å². The molecular formula is C55H39GeN3. The predicted octanol–water partition coefficient (Wildman–Crippen LogP) is 10.6. The van der Waals surface area contributed by atoms with Crippen molar-refractivity contribution in [2.24, 2.45) is 0 Å². The van der Waals surface area contributed by atoms with Gasteiger partial charge in [0.2, 0.25) is 0 Å². The molecule has 0 N–H and O–H groups in total. The molecule has 3 heterocycles. The third-order valence-corrected chi connectivity index (χ3v) is 23.0. The fraction of sp³-hybridized carbons (Fsp3) is 0.0545. The Morgan fingerprint density at radius 3 is 1.80 bits per heavy atom. The summed E-state index contributed by atoms with van der Waals surface area (Å²) >= 11 is -3.65. The number of para-hydroxylation sites is 1. The summed E-state index contributed by atoms with van der Waals surface area (Å²) in [5.74, 6) is 0.762. The van der Waals surface area contributed by atoms with Crippen LogP contribution in [0.15, 0.2) is 200 Å². The first-order valence-corrected chi connectivity index (χ1v) is 24.7. The number of aromatic nitrogens is 3. The van der Waals surface area contributed by atoms with E-state index in [-0.39, 0.29) is 5.41 Å². The van der Waals surface area contributed by atoms with Crippen molar-refractivity contribution in [2.75, 3.05) is 0 Å². The van der Waals surface area contributed by atoms with Gasteiger partial charge in [-0.1, -0.05) is 38.1 Å². The fourth-order valence-corrected chi connectivity index (χ4v) is 21.0. The van der Waals surface area contributed by atoms with E-state index >= 15 is 0 Å². The zero-order valence-electron chi connectivity index (χ0n) is 32.9. The van der Waals surface area contributed by atoms with Crippen LogP contribution in [0.1, 0.15) is 25.0 Å². The summed E-state index contributed by atoms with van der Waals surface area (Å²) in [6.07, 6.45) is 0. The number of fused-ring (bicyclic) bond motifs is 10. The molecule has 278 valence electrons. The average Bonchev–Trinajstić information content (AvgIpc) is 3.88. The van der Waals surface area contributed by atoms with Gasteiger partial charge in [0.05, 0.1) is 0 Å². The van der Waals surface area contributed by atoms with Gasteiger partial charge in [-0.3, -0.25) is 0 Å². The van der Waals surface area contributed by atoms with Crippen LogP contribution in [0.5, 0.6) is 0 Å². The van der Waals surface area contributed by atoms with Gasteiger partial charge in [0.1, 0.15) is 0 Å². The average molecular weight is 815 g/mol. The van der Waals surface area contributed by atoms with Crippen LogP contribution in [0.3, 0.4) is 0 Å². The summed E-state index contributed by atoms with van der Waals surface area (Å²) in [5, 5.41) is 2.60. The number of hydrogen-bond donors (Lipinski definition) is 0. The molecular weight excluding hydrogens is 775 g/mol. The zero-order valence-corrected chi connectivity index (χ0v) is 35.0. The molecule has 2 aliphatic rings. The van der Waals surface area contributed by atoms with E-state index in [4.69, 9.17) is 9.97 Å². The third kappa shape index (κ3) is 4.77. The van der Waals surface area contributed by atoms with E-state index in [1.54, 1.807) is 0 Å². The molecule has 0 bridgehead atoms. The van der Waals surface area contributed by atoms with E-state index in [1.165, 1.54) is 67.3 Å². The van der Waals surface area contributed by atoms with E-state index < -0.39 is 13.3 Å². The van der Waals surface area contributed by atoms with Gasteiger partial charge >= 0.3 is 299 Å². The van der Waals surface area contributed by atoms with Crippen LogP contribution in [0.25, 0.3) is 72.4 Å². The molecule has 0 unspecified atom stereocenters. The van der Waals surface area contributed by atoms with Crippen LogP contribution in [0, 0.1) is 0 Å². The van der Waals surface area contributed by atoms with Crippen LogP contribution < -0.4 is 17.7 Å². The summed E-state index contributed by atoms with van der Waals surface area (Å²) in [7, 11) is 0. The van der Waals surface area contributed by atoms with Crippen molar-refractivity contribution in [3.63, 3.8) is 0 Å². The summed E-state index contributed by atoms with van der Waals surface area (Å²) < 4.78 is 7.78.